The number of hydrogen-bond acceptors (Lipinski definition) is 4. The van der Waals surface area contributed by atoms with Crippen molar-refractivity contribution in [2.45, 2.75) is 27.7 Å². The summed E-state index contributed by atoms with van der Waals surface area (Å²) in [6.07, 6.45) is 0. The van der Waals surface area contributed by atoms with Gasteiger partial charge in [-0.1, -0.05) is 0 Å². The Balaban J connectivity index is 2.36. The highest BCUT2D eigenvalue weighted by Crippen LogP contribution is 2.32. The van der Waals surface area contributed by atoms with Gasteiger partial charge in [-0.15, -0.1) is 11.3 Å². The maximum Gasteiger partial charge on any atom is 0.338 e. The minimum Gasteiger partial charge on any atom is -0.478 e. The number of thiophene rings is 1. The number of rotatable bonds is 3. The Labute approximate surface area is 126 Å². The first kappa shape index (κ1) is 15.2. The third kappa shape index (κ3) is 2.95. The number of carboxylic acid groups (broad SMARTS) is 1. The maximum absolute atomic E-state index is 12.3. The number of anilines is 1. The Bertz CT molecular complexity index is 735. The van der Waals surface area contributed by atoms with Crippen LogP contribution in [0.5, 0.6) is 0 Å². The van der Waals surface area contributed by atoms with Crippen molar-refractivity contribution in [2.24, 2.45) is 0 Å². The van der Waals surface area contributed by atoms with Crippen LogP contribution < -0.4 is 5.32 Å². The highest BCUT2D eigenvalue weighted by Gasteiger charge is 2.21. The van der Waals surface area contributed by atoms with Gasteiger partial charge in [0.25, 0.3) is 5.91 Å². The molecule has 2 aromatic heterocycles. The van der Waals surface area contributed by atoms with E-state index in [1.807, 2.05) is 13.8 Å². The summed E-state index contributed by atoms with van der Waals surface area (Å²) in [6, 6.07) is 3.45. The van der Waals surface area contributed by atoms with Crippen molar-refractivity contribution >= 4 is 28.2 Å². The molecule has 2 N–H and O–H groups in total. The fourth-order valence-corrected chi connectivity index (χ4v) is 3.12. The van der Waals surface area contributed by atoms with Gasteiger partial charge in [-0.05, 0) is 45.4 Å². The Morgan fingerprint density at radius 1 is 1.19 bits per heavy atom. The Morgan fingerprint density at radius 2 is 1.86 bits per heavy atom. The van der Waals surface area contributed by atoms with Crippen molar-refractivity contribution in [3.63, 3.8) is 0 Å². The van der Waals surface area contributed by atoms with Crippen LogP contribution in [0, 0.1) is 27.7 Å². The van der Waals surface area contributed by atoms with Crippen molar-refractivity contribution in [3.8, 4) is 0 Å². The van der Waals surface area contributed by atoms with Crippen LogP contribution in [0.1, 0.15) is 42.5 Å². The summed E-state index contributed by atoms with van der Waals surface area (Å²) in [6.45, 7) is 7.18. The van der Waals surface area contributed by atoms with E-state index in [0.29, 0.717) is 21.8 Å². The predicted octanol–water partition coefficient (Wildman–Crippen LogP) is 3.33. The first-order valence-electron chi connectivity index (χ1n) is 6.40. The van der Waals surface area contributed by atoms with E-state index >= 15 is 0 Å². The van der Waals surface area contributed by atoms with Crippen LogP contribution in [0.15, 0.2) is 12.1 Å². The van der Waals surface area contributed by atoms with Gasteiger partial charge in [0.15, 0.2) is 0 Å². The SMILES string of the molecule is Cc1ccc(C(=O)Nc2sc(C)c(C)c2C(=O)O)c(C)n1. The first-order chi connectivity index (χ1) is 9.81. The van der Waals surface area contributed by atoms with Crippen molar-refractivity contribution in [3.05, 3.63) is 45.1 Å². The van der Waals surface area contributed by atoms with Crippen LogP contribution in [0.2, 0.25) is 0 Å². The topological polar surface area (TPSA) is 79.3 Å². The molecular weight excluding hydrogens is 288 g/mol. The minimum atomic E-state index is -1.04. The van der Waals surface area contributed by atoms with Gasteiger partial charge >= 0.3 is 5.97 Å². The van der Waals surface area contributed by atoms with Crippen LogP contribution in [0.25, 0.3) is 0 Å². The number of carbonyl (C=O) groups is 2. The average molecular weight is 304 g/mol. The molecule has 6 heteroatoms. The summed E-state index contributed by atoms with van der Waals surface area (Å²) >= 11 is 1.27. The molecule has 2 rings (SSSR count). The lowest BCUT2D eigenvalue weighted by Gasteiger charge is -2.07. The molecule has 0 aliphatic heterocycles. The number of carboxylic acids is 1. The Hall–Kier alpha value is -2.21. The quantitative estimate of drug-likeness (QED) is 0.911. The van der Waals surface area contributed by atoms with Gasteiger partial charge < -0.3 is 10.4 Å². The standard InChI is InChI=1S/C15H16N2O3S/c1-7-5-6-11(9(3)16-7)13(18)17-14-12(15(19)20)8(2)10(4)21-14/h5-6H,1-4H3,(H,17,18)(H,19,20). The third-order valence-corrected chi connectivity index (χ3v) is 4.42. The number of hydrogen-bond donors (Lipinski definition) is 2. The molecule has 0 unspecified atom stereocenters. The van der Waals surface area contributed by atoms with Gasteiger partial charge in [-0.2, -0.15) is 0 Å². The number of aromatic nitrogens is 1. The lowest BCUT2D eigenvalue weighted by Crippen LogP contribution is -2.15. The van der Waals surface area contributed by atoms with Crippen LogP contribution in [-0.4, -0.2) is 22.0 Å². The molecule has 0 spiro atoms. The van der Waals surface area contributed by atoms with Gasteiger partial charge in [-0.3, -0.25) is 9.78 Å². The minimum absolute atomic E-state index is 0.156. The second kappa shape index (κ2) is 5.65. The molecule has 0 radical (unpaired) electrons. The van der Waals surface area contributed by atoms with Gasteiger partial charge in [0.05, 0.1) is 16.8 Å². The second-order valence-corrected chi connectivity index (χ2v) is 6.06. The summed E-state index contributed by atoms with van der Waals surface area (Å²) in [7, 11) is 0. The van der Waals surface area contributed by atoms with Crippen molar-refractivity contribution in [1.82, 2.24) is 4.98 Å². The first-order valence-corrected chi connectivity index (χ1v) is 7.21. The molecule has 2 aromatic rings. The van der Waals surface area contributed by atoms with E-state index in [2.05, 4.69) is 10.3 Å². The lowest BCUT2D eigenvalue weighted by atomic mass is 10.1. The number of nitrogens with zero attached hydrogens (tertiary/aromatic N) is 1. The molecule has 0 bridgehead atoms. The van der Waals surface area contributed by atoms with E-state index < -0.39 is 5.97 Å². The zero-order chi connectivity index (χ0) is 15.7. The maximum atomic E-state index is 12.3. The highest BCUT2D eigenvalue weighted by molar-refractivity contribution is 7.16. The molecule has 0 atom stereocenters. The molecule has 1 amide bonds. The van der Waals surface area contributed by atoms with Crippen LogP contribution in [0.4, 0.5) is 5.00 Å². The molecule has 5 nitrogen and oxygen atoms in total. The summed E-state index contributed by atoms with van der Waals surface area (Å²) in [5.74, 6) is -1.38. The normalized spacial score (nSPS) is 10.5. The molecule has 2 heterocycles. The van der Waals surface area contributed by atoms with Gasteiger partial charge in [0.1, 0.15) is 5.00 Å². The number of nitrogens with one attached hydrogen (secondary N) is 1. The van der Waals surface area contributed by atoms with Crippen molar-refractivity contribution < 1.29 is 14.7 Å². The van der Waals surface area contributed by atoms with Gasteiger partial charge in [-0.25, -0.2) is 4.79 Å². The fraction of sp³-hybridized carbons (Fsp3) is 0.267. The van der Waals surface area contributed by atoms with Crippen LogP contribution in [-0.2, 0) is 0 Å². The summed E-state index contributed by atoms with van der Waals surface area (Å²) in [5.41, 5.74) is 2.73. The van der Waals surface area contributed by atoms with E-state index in [0.717, 1.165) is 10.6 Å². The molecule has 0 fully saturated rings. The molecule has 0 aromatic carbocycles. The number of pyridine rings is 1. The summed E-state index contributed by atoms with van der Waals surface area (Å²) < 4.78 is 0. The zero-order valence-electron chi connectivity index (χ0n) is 12.3. The highest BCUT2D eigenvalue weighted by atomic mass is 32.1. The molecule has 0 saturated heterocycles. The average Bonchev–Trinajstić information content (AvgIpc) is 2.64. The third-order valence-electron chi connectivity index (χ3n) is 3.30. The lowest BCUT2D eigenvalue weighted by molar-refractivity contribution is 0.0697. The number of aryl methyl sites for hydroxylation is 3. The van der Waals surface area contributed by atoms with E-state index in [-0.39, 0.29) is 11.5 Å². The molecule has 0 aliphatic rings. The molecular formula is C15H16N2O3S. The molecule has 0 aliphatic carbocycles. The predicted molar refractivity (Wildman–Crippen MR) is 82.4 cm³/mol. The van der Waals surface area contributed by atoms with Crippen molar-refractivity contribution in [1.29, 1.82) is 0 Å². The number of amides is 1. The summed E-state index contributed by atoms with van der Waals surface area (Å²) in [5, 5.41) is 12.3. The van der Waals surface area contributed by atoms with E-state index in [1.165, 1.54) is 11.3 Å². The van der Waals surface area contributed by atoms with E-state index in [9.17, 15) is 14.7 Å². The monoisotopic (exact) mass is 304 g/mol. The van der Waals surface area contributed by atoms with Crippen molar-refractivity contribution in [2.75, 3.05) is 5.32 Å². The molecule has 0 saturated carbocycles. The molecule has 110 valence electrons. The number of aromatic carboxylic acids is 1. The Morgan fingerprint density at radius 3 is 2.43 bits per heavy atom. The zero-order valence-corrected chi connectivity index (χ0v) is 13.1. The molecule has 21 heavy (non-hydrogen) atoms. The largest absolute Gasteiger partial charge is 0.478 e. The number of carbonyl (C=O) groups excluding carboxylic acids is 1. The van der Waals surface area contributed by atoms with Gasteiger partial charge in [0.2, 0.25) is 0 Å². The fourth-order valence-electron chi connectivity index (χ4n) is 2.07. The second-order valence-electron chi connectivity index (χ2n) is 4.83. The van der Waals surface area contributed by atoms with Crippen LogP contribution >= 0.6 is 11.3 Å². The van der Waals surface area contributed by atoms with Gasteiger partial charge in [0, 0.05) is 10.6 Å². The Kier molecular flexibility index (Phi) is 4.09. The smallest absolute Gasteiger partial charge is 0.338 e. The van der Waals surface area contributed by atoms with Crippen LogP contribution in [0.3, 0.4) is 0 Å². The summed E-state index contributed by atoms with van der Waals surface area (Å²) in [4.78, 5) is 28.8. The van der Waals surface area contributed by atoms with E-state index in [4.69, 9.17) is 0 Å². The van der Waals surface area contributed by atoms with E-state index in [1.54, 1.807) is 26.0 Å².